The summed E-state index contributed by atoms with van der Waals surface area (Å²) in [6.07, 6.45) is 13.9. The van der Waals surface area contributed by atoms with E-state index in [1.54, 1.807) is 0 Å². The van der Waals surface area contributed by atoms with Gasteiger partial charge >= 0.3 is 5.97 Å². The second kappa shape index (κ2) is 31.8. The zero-order valence-corrected chi connectivity index (χ0v) is 33.5. The Labute approximate surface area is 327 Å². The highest BCUT2D eigenvalue weighted by atomic mass is 16.4. The number of aliphatic hydroxyl groups is 3. The van der Waals surface area contributed by atoms with Crippen LogP contribution >= 0.6 is 0 Å². The fourth-order valence-electron chi connectivity index (χ4n) is 5.95. The minimum Gasteiger partial charge on any atom is -0.480 e. The SMILES string of the molecule is CCCCCCCCCCCCCCCC(=O)N[C@@H](CCCCN)C(=O)N[C@H](C(=O)N[C@H](C(=O)N[C@@H](CCCN)C(=O)N[C@@H](CO)C(=O)O)[C@@H](C)O)[C@@H](C)O. The van der Waals surface area contributed by atoms with Crippen molar-refractivity contribution in [2.45, 2.75) is 185 Å². The monoisotopic (exact) mass is 788 g/mol. The van der Waals surface area contributed by atoms with E-state index in [1.807, 2.05) is 0 Å². The first-order valence-electron chi connectivity index (χ1n) is 20.3. The zero-order chi connectivity index (χ0) is 41.6. The van der Waals surface area contributed by atoms with E-state index in [4.69, 9.17) is 11.5 Å². The number of carboxylic acid groups (broad SMARTS) is 1. The van der Waals surface area contributed by atoms with Crippen LogP contribution in [0.5, 0.6) is 0 Å². The first-order valence-corrected chi connectivity index (χ1v) is 20.3. The molecule has 0 saturated carbocycles. The number of nitrogens with two attached hydrogens (primary N) is 2. The fraction of sp³-hybridized carbons (Fsp3) is 0.842. The number of aliphatic hydroxyl groups excluding tert-OH is 3. The van der Waals surface area contributed by atoms with E-state index < -0.39 is 78.6 Å². The lowest BCUT2D eigenvalue weighted by Crippen LogP contribution is -2.62. The third-order valence-corrected chi connectivity index (χ3v) is 9.36. The molecule has 320 valence electrons. The van der Waals surface area contributed by atoms with E-state index >= 15 is 0 Å². The number of hydrogen-bond donors (Lipinski definition) is 11. The molecule has 0 heterocycles. The van der Waals surface area contributed by atoms with E-state index in [0.717, 1.165) is 19.3 Å². The lowest BCUT2D eigenvalue weighted by Gasteiger charge is -2.29. The molecule has 0 aliphatic carbocycles. The van der Waals surface area contributed by atoms with Crippen molar-refractivity contribution in [3.63, 3.8) is 0 Å². The first-order chi connectivity index (χ1) is 26.2. The summed E-state index contributed by atoms with van der Waals surface area (Å²) in [7, 11) is 0. The molecule has 5 amide bonds. The van der Waals surface area contributed by atoms with Crippen LogP contribution in [0.4, 0.5) is 0 Å². The van der Waals surface area contributed by atoms with Gasteiger partial charge in [-0.3, -0.25) is 24.0 Å². The summed E-state index contributed by atoms with van der Waals surface area (Å²) in [5, 5.41) is 51.3. The van der Waals surface area contributed by atoms with Gasteiger partial charge in [-0.1, -0.05) is 84.0 Å². The lowest BCUT2D eigenvalue weighted by atomic mass is 10.0. The van der Waals surface area contributed by atoms with Crippen molar-refractivity contribution in [1.29, 1.82) is 0 Å². The summed E-state index contributed by atoms with van der Waals surface area (Å²) in [6.45, 7) is 4.25. The summed E-state index contributed by atoms with van der Waals surface area (Å²) >= 11 is 0. The Morgan fingerprint density at radius 2 is 0.909 bits per heavy atom. The molecule has 7 atom stereocenters. The van der Waals surface area contributed by atoms with E-state index in [1.165, 1.54) is 71.6 Å². The smallest absolute Gasteiger partial charge is 0.328 e. The second-order valence-corrected chi connectivity index (χ2v) is 14.4. The second-order valence-electron chi connectivity index (χ2n) is 14.4. The number of carboxylic acids is 1. The summed E-state index contributed by atoms with van der Waals surface area (Å²) in [6, 6.07) is -7.29. The Bertz CT molecular complexity index is 1110. The number of rotatable bonds is 34. The van der Waals surface area contributed by atoms with Crippen molar-refractivity contribution < 1.29 is 49.2 Å². The molecule has 17 heteroatoms. The molecule has 0 aromatic heterocycles. The molecular formula is C38H73N7O10. The van der Waals surface area contributed by atoms with Crippen LogP contribution in [-0.4, -0.2) is 118 Å². The molecule has 0 saturated heterocycles. The van der Waals surface area contributed by atoms with Crippen molar-refractivity contribution in [3.05, 3.63) is 0 Å². The number of aliphatic carboxylic acids is 1. The van der Waals surface area contributed by atoms with Gasteiger partial charge in [-0.05, 0) is 65.5 Å². The number of hydrogen-bond acceptors (Lipinski definition) is 11. The molecule has 0 spiro atoms. The highest BCUT2D eigenvalue weighted by molar-refractivity contribution is 5.96. The van der Waals surface area contributed by atoms with Crippen LogP contribution in [0.3, 0.4) is 0 Å². The van der Waals surface area contributed by atoms with Crippen molar-refractivity contribution in [2.75, 3.05) is 19.7 Å². The molecule has 17 nitrogen and oxygen atoms in total. The molecule has 0 bridgehead atoms. The van der Waals surface area contributed by atoms with Gasteiger partial charge in [0.15, 0.2) is 0 Å². The van der Waals surface area contributed by atoms with Crippen LogP contribution in [0.25, 0.3) is 0 Å². The van der Waals surface area contributed by atoms with Crippen molar-refractivity contribution in [1.82, 2.24) is 26.6 Å². The molecule has 0 radical (unpaired) electrons. The Morgan fingerprint density at radius 1 is 0.509 bits per heavy atom. The largest absolute Gasteiger partial charge is 0.480 e. The van der Waals surface area contributed by atoms with Gasteiger partial charge in [-0.15, -0.1) is 0 Å². The Morgan fingerprint density at radius 3 is 1.36 bits per heavy atom. The van der Waals surface area contributed by atoms with E-state index in [-0.39, 0.29) is 38.1 Å². The highest BCUT2D eigenvalue weighted by Gasteiger charge is 2.35. The molecule has 0 aromatic rings. The quantitative estimate of drug-likeness (QED) is 0.0400. The van der Waals surface area contributed by atoms with Gasteiger partial charge in [-0.25, -0.2) is 4.79 Å². The predicted octanol–water partition coefficient (Wildman–Crippen LogP) is 0.598. The molecule has 0 rings (SSSR count). The summed E-state index contributed by atoms with van der Waals surface area (Å²) in [5.41, 5.74) is 11.2. The molecule has 0 unspecified atom stereocenters. The summed E-state index contributed by atoms with van der Waals surface area (Å²) < 4.78 is 0. The molecule has 13 N–H and O–H groups in total. The molecule has 0 aromatic carbocycles. The number of carbonyl (C=O) groups is 6. The van der Waals surface area contributed by atoms with Crippen LogP contribution in [0.15, 0.2) is 0 Å². The van der Waals surface area contributed by atoms with Crippen LogP contribution < -0.4 is 38.1 Å². The van der Waals surface area contributed by atoms with Gasteiger partial charge in [0.25, 0.3) is 0 Å². The van der Waals surface area contributed by atoms with Gasteiger partial charge in [0.05, 0.1) is 18.8 Å². The third-order valence-electron chi connectivity index (χ3n) is 9.36. The minimum absolute atomic E-state index is 0.0324. The van der Waals surface area contributed by atoms with Gasteiger partial charge in [0.1, 0.15) is 30.2 Å². The van der Waals surface area contributed by atoms with Crippen molar-refractivity contribution in [3.8, 4) is 0 Å². The topological polar surface area (TPSA) is 296 Å². The van der Waals surface area contributed by atoms with E-state index in [9.17, 15) is 49.2 Å². The van der Waals surface area contributed by atoms with Crippen LogP contribution in [0.1, 0.15) is 143 Å². The maximum absolute atomic E-state index is 13.4. The highest BCUT2D eigenvalue weighted by Crippen LogP contribution is 2.13. The van der Waals surface area contributed by atoms with Gasteiger partial charge in [-0.2, -0.15) is 0 Å². The Kier molecular flexibility index (Phi) is 29.8. The van der Waals surface area contributed by atoms with Crippen LogP contribution in [-0.2, 0) is 28.8 Å². The first kappa shape index (κ1) is 51.6. The van der Waals surface area contributed by atoms with Crippen LogP contribution in [0, 0.1) is 0 Å². The zero-order valence-electron chi connectivity index (χ0n) is 33.5. The molecule has 0 aliphatic heterocycles. The van der Waals surface area contributed by atoms with Gasteiger partial charge in [0.2, 0.25) is 29.5 Å². The average molecular weight is 788 g/mol. The average Bonchev–Trinajstić information content (AvgIpc) is 3.14. The Hall–Kier alpha value is -3.38. The maximum atomic E-state index is 13.4. The number of nitrogens with one attached hydrogen (secondary N) is 5. The molecule has 0 aliphatic rings. The Balaban J connectivity index is 5.33. The molecule has 0 fully saturated rings. The maximum Gasteiger partial charge on any atom is 0.328 e. The summed E-state index contributed by atoms with van der Waals surface area (Å²) in [5.74, 6) is -5.54. The standard InChI is InChI=1S/C38H73N7O10/c1-4-5-6-7-8-9-10-11-12-13-14-15-16-22-31(49)41-28(20-17-18-23-39)35(51)44-33(27(3)48)37(53)45-32(26(2)47)36(52)42-29(21-19-24-40)34(50)43-30(25-46)38(54)55/h26-30,32-33,46-48H,4-25,39-40H2,1-3H3,(H,41,49)(H,42,52)(H,43,50)(H,44,51)(H,45,53)(H,54,55)/t26-,27-,28+,29+,30+,32+,33+/m1/s1. The normalized spacial score (nSPS) is 15.1. The predicted molar refractivity (Wildman–Crippen MR) is 209 cm³/mol. The number of carbonyl (C=O) groups excluding carboxylic acids is 5. The van der Waals surface area contributed by atoms with E-state index in [0.29, 0.717) is 25.8 Å². The molecular weight excluding hydrogens is 714 g/mol. The fourth-order valence-corrected chi connectivity index (χ4v) is 5.95. The molecule has 55 heavy (non-hydrogen) atoms. The summed E-state index contributed by atoms with van der Waals surface area (Å²) in [4.78, 5) is 77.0. The minimum atomic E-state index is -1.67. The van der Waals surface area contributed by atoms with Gasteiger partial charge < -0.3 is 58.5 Å². The third kappa shape index (κ3) is 24.0. The number of amides is 5. The number of unbranched alkanes of at least 4 members (excludes halogenated alkanes) is 13. The van der Waals surface area contributed by atoms with Gasteiger partial charge in [0, 0.05) is 6.42 Å². The van der Waals surface area contributed by atoms with Crippen molar-refractivity contribution >= 4 is 35.5 Å². The lowest BCUT2D eigenvalue weighted by molar-refractivity contribution is -0.143. The van der Waals surface area contributed by atoms with Crippen LogP contribution in [0.2, 0.25) is 0 Å². The van der Waals surface area contributed by atoms with E-state index in [2.05, 4.69) is 33.5 Å². The van der Waals surface area contributed by atoms with Crippen molar-refractivity contribution in [2.24, 2.45) is 11.5 Å².